The lowest BCUT2D eigenvalue weighted by Crippen LogP contribution is -1.89. The van der Waals surface area contributed by atoms with E-state index >= 15 is 0 Å². The largest absolute Gasteiger partial charge is 0.436 e. The van der Waals surface area contributed by atoms with Crippen LogP contribution in [0.5, 0.6) is 0 Å². The Morgan fingerprint density at radius 2 is 1.50 bits per heavy atom. The summed E-state index contributed by atoms with van der Waals surface area (Å²) < 4.78 is 7.17. The van der Waals surface area contributed by atoms with Crippen LogP contribution in [0.25, 0.3) is 44.9 Å². The highest BCUT2D eigenvalue weighted by Gasteiger charge is 2.14. The molecular formula is C24H15BrN2O. The van der Waals surface area contributed by atoms with Crippen LogP contribution in [-0.2, 0) is 0 Å². The van der Waals surface area contributed by atoms with Crippen molar-refractivity contribution in [3.8, 4) is 34.0 Å². The van der Waals surface area contributed by atoms with Gasteiger partial charge in [-0.3, -0.25) is 0 Å². The number of benzene rings is 3. The van der Waals surface area contributed by atoms with Gasteiger partial charge in [0.1, 0.15) is 0 Å². The second-order valence-electron chi connectivity index (χ2n) is 6.47. The van der Waals surface area contributed by atoms with Crippen LogP contribution in [0.4, 0.5) is 0 Å². The Bertz CT molecular complexity index is 1260. The first-order chi connectivity index (χ1) is 13.8. The molecule has 0 unspecified atom stereocenters. The van der Waals surface area contributed by atoms with Crippen molar-refractivity contribution in [3.63, 3.8) is 0 Å². The lowest BCUT2D eigenvalue weighted by atomic mass is 10.0. The molecule has 0 N–H and O–H groups in total. The molecular weight excluding hydrogens is 412 g/mol. The molecule has 4 heteroatoms. The van der Waals surface area contributed by atoms with E-state index in [2.05, 4.69) is 45.2 Å². The van der Waals surface area contributed by atoms with Gasteiger partial charge in [-0.15, -0.1) is 0 Å². The van der Waals surface area contributed by atoms with E-state index in [-0.39, 0.29) is 0 Å². The molecule has 0 saturated heterocycles. The molecule has 5 aromatic rings. The normalized spacial score (nSPS) is 11.0. The zero-order chi connectivity index (χ0) is 18.9. The van der Waals surface area contributed by atoms with Crippen molar-refractivity contribution < 1.29 is 4.42 Å². The molecule has 0 fully saturated rings. The predicted octanol–water partition coefficient (Wildman–Crippen LogP) is 6.99. The first-order valence-electron chi connectivity index (χ1n) is 8.95. The fourth-order valence-electron chi connectivity index (χ4n) is 3.26. The fraction of sp³-hybridized carbons (Fsp3) is 0. The number of para-hydroxylation sites is 1. The van der Waals surface area contributed by atoms with E-state index in [9.17, 15) is 0 Å². The highest BCUT2D eigenvalue weighted by atomic mass is 79.9. The number of hydrogen-bond acceptors (Lipinski definition) is 3. The Balaban J connectivity index is 1.67. The molecule has 5 rings (SSSR count). The number of fused-ring (bicyclic) bond motifs is 1. The summed E-state index contributed by atoms with van der Waals surface area (Å²) in [5.41, 5.74) is 4.81. The standard InChI is InChI=1S/C24H15BrN2O/c25-18-12-10-17(11-13-18)23-15-26-24(28-23)20-14-22(16-6-2-1-3-7-16)27-21-9-5-4-8-19(20)21/h1-15H. The van der Waals surface area contributed by atoms with Crippen LogP contribution in [-0.4, -0.2) is 9.97 Å². The van der Waals surface area contributed by atoms with E-state index < -0.39 is 0 Å². The quantitative estimate of drug-likeness (QED) is 0.312. The van der Waals surface area contributed by atoms with Gasteiger partial charge in [0.25, 0.3) is 0 Å². The SMILES string of the molecule is Brc1ccc(-c2cnc(-c3cc(-c4ccccc4)nc4ccccc34)o2)cc1. The van der Waals surface area contributed by atoms with Gasteiger partial charge in [-0.05, 0) is 24.3 Å². The Labute approximate surface area is 170 Å². The van der Waals surface area contributed by atoms with Gasteiger partial charge in [-0.2, -0.15) is 0 Å². The molecule has 2 heterocycles. The van der Waals surface area contributed by atoms with Crippen molar-refractivity contribution in [2.24, 2.45) is 0 Å². The van der Waals surface area contributed by atoms with Gasteiger partial charge < -0.3 is 4.42 Å². The molecule has 0 amide bonds. The number of halogens is 1. The van der Waals surface area contributed by atoms with E-state index in [1.165, 1.54) is 0 Å². The second-order valence-corrected chi connectivity index (χ2v) is 7.39. The van der Waals surface area contributed by atoms with Crippen molar-refractivity contribution in [1.82, 2.24) is 9.97 Å². The highest BCUT2D eigenvalue weighted by Crippen LogP contribution is 2.33. The molecule has 28 heavy (non-hydrogen) atoms. The number of aromatic nitrogens is 2. The third-order valence-corrected chi connectivity index (χ3v) is 5.18. The van der Waals surface area contributed by atoms with Gasteiger partial charge in [-0.25, -0.2) is 9.97 Å². The molecule has 0 aliphatic heterocycles. The van der Waals surface area contributed by atoms with Gasteiger partial charge in [-0.1, -0.05) is 76.6 Å². The van der Waals surface area contributed by atoms with Crippen molar-refractivity contribution in [2.45, 2.75) is 0 Å². The topological polar surface area (TPSA) is 38.9 Å². The van der Waals surface area contributed by atoms with Crippen molar-refractivity contribution in [1.29, 1.82) is 0 Å². The Hall–Kier alpha value is -3.24. The molecule has 3 aromatic carbocycles. The van der Waals surface area contributed by atoms with E-state index in [0.29, 0.717) is 5.89 Å². The number of hydrogen-bond donors (Lipinski definition) is 0. The number of nitrogens with zero attached hydrogens (tertiary/aromatic N) is 2. The summed E-state index contributed by atoms with van der Waals surface area (Å²) >= 11 is 3.46. The smallest absolute Gasteiger partial charge is 0.227 e. The van der Waals surface area contributed by atoms with E-state index in [1.807, 2.05) is 60.7 Å². The van der Waals surface area contributed by atoms with Crippen molar-refractivity contribution in [3.05, 3.63) is 95.6 Å². The fourth-order valence-corrected chi connectivity index (χ4v) is 3.52. The summed E-state index contributed by atoms with van der Waals surface area (Å²) in [6.45, 7) is 0. The van der Waals surface area contributed by atoms with Gasteiger partial charge in [0.2, 0.25) is 5.89 Å². The minimum absolute atomic E-state index is 0.591. The summed E-state index contributed by atoms with van der Waals surface area (Å²) in [7, 11) is 0. The summed E-state index contributed by atoms with van der Waals surface area (Å²) in [4.78, 5) is 9.40. The minimum atomic E-state index is 0.591. The molecule has 0 spiro atoms. The maximum atomic E-state index is 6.14. The molecule has 2 aromatic heterocycles. The van der Waals surface area contributed by atoms with E-state index in [1.54, 1.807) is 6.20 Å². The summed E-state index contributed by atoms with van der Waals surface area (Å²) in [6, 6.07) is 28.3. The molecule has 3 nitrogen and oxygen atoms in total. The zero-order valence-corrected chi connectivity index (χ0v) is 16.4. The number of rotatable bonds is 3. The number of oxazole rings is 1. The predicted molar refractivity (Wildman–Crippen MR) is 116 cm³/mol. The lowest BCUT2D eigenvalue weighted by molar-refractivity contribution is 0.589. The molecule has 134 valence electrons. The van der Waals surface area contributed by atoms with Crippen LogP contribution in [0.2, 0.25) is 0 Å². The molecule has 0 aliphatic rings. The van der Waals surface area contributed by atoms with Gasteiger partial charge in [0, 0.05) is 26.5 Å². The monoisotopic (exact) mass is 426 g/mol. The van der Waals surface area contributed by atoms with E-state index in [4.69, 9.17) is 9.40 Å². The third-order valence-electron chi connectivity index (χ3n) is 4.65. The minimum Gasteiger partial charge on any atom is -0.436 e. The van der Waals surface area contributed by atoms with Crippen LogP contribution >= 0.6 is 15.9 Å². The zero-order valence-electron chi connectivity index (χ0n) is 14.8. The number of pyridine rings is 1. The average molecular weight is 427 g/mol. The summed E-state index contributed by atoms with van der Waals surface area (Å²) in [5.74, 6) is 1.33. The first kappa shape index (κ1) is 16.9. The van der Waals surface area contributed by atoms with Crippen LogP contribution in [0.1, 0.15) is 0 Å². The molecule has 0 atom stereocenters. The Morgan fingerprint density at radius 3 is 2.32 bits per heavy atom. The van der Waals surface area contributed by atoms with Gasteiger partial charge >= 0.3 is 0 Å². The van der Waals surface area contributed by atoms with Gasteiger partial charge in [0.05, 0.1) is 17.4 Å². The molecule has 0 aliphatic carbocycles. The molecule has 0 saturated carbocycles. The van der Waals surface area contributed by atoms with Gasteiger partial charge in [0.15, 0.2) is 5.76 Å². The Morgan fingerprint density at radius 1 is 0.750 bits per heavy atom. The highest BCUT2D eigenvalue weighted by molar-refractivity contribution is 9.10. The summed E-state index contributed by atoms with van der Waals surface area (Å²) in [5, 5.41) is 1.02. The van der Waals surface area contributed by atoms with Crippen molar-refractivity contribution in [2.75, 3.05) is 0 Å². The van der Waals surface area contributed by atoms with Crippen LogP contribution < -0.4 is 0 Å². The third kappa shape index (κ3) is 3.12. The maximum Gasteiger partial charge on any atom is 0.227 e. The van der Waals surface area contributed by atoms with Crippen LogP contribution in [0.3, 0.4) is 0 Å². The van der Waals surface area contributed by atoms with E-state index in [0.717, 1.165) is 43.5 Å². The molecule has 0 radical (unpaired) electrons. The molecule has 0 bridgehead atoms. The average Bonchev–Trinajstić information content (AvgIpc) is 3.24. The second kappa shape index (κ2) is 7.06. The van der Waals surface area contributed by atoms with Crippen molar-refractivity contribution >= 4 is 26.8 Å². The van der Waals surface area contributed by atoms with Crippen LogP contribution in [0, 0.1) is 0 Å². The maximum absolute atomic E-state index is 6.14. The van der Waals surface area contributed by atoms with Crippen LogP contribution in [0.15, 0.2) is 100 Å². The lowest BCUT2D eigenvalue weighted by Gasteiger charge is -2.07. The Kier molecular flexibility index (Phi) is 4.26. The summed E-state index contributed by atoms with van der Waals surface area (Å²) in [6.07, 6.45) is 1.77. The first-order valence-corrected chi connectivity index (χ1v) is 9.74.